The predicted molar refractivity (Wildman–Crippen MR) is 99.9 cm³/mol. The van der Waals surface area contributed by atoms with E-state index in [0.717, 1.165) is 27.5 Å². The number of nitrogens with one attached hydrogen (secondary N) is 1. The van der Waals surface area contributed by atoms with Crippen LogP contribution in [0.2, 0.25) is 0 Å². The predicted octanol–water partition coefficient (Wildman–Crippen LogP) is 5.47. The van der Waals surface area contributed by atoms with Crippen molar-refractivity contribution >= 4 is 38.3 Å². The number of hydrogen-bond acceptors (Lipinski definition) is 4. The highest BCUT2D eigenvalue weighted by Crippen LogP contribution is 2.34. The normalized spacial score (nSPS) is 13.0. The highest BCUT2D eigenvalue weighted by molar-refractivity contribution is 9.10. The summed E-state index contributed by atoms with van der Waals surface area (Å²) in [6.45, 7) is 3.52. The number of rotatable bonds is 3. The number of alkyl halides is 3. The number of anilines is 2. The molecular formula is C18H16BrF3N4. The fourth-order valence-electron chi connectivity index (χ4n) is 2.71. The second-order valence-corrected chi connectivity index (χ2v) is 6.95. The van der Waals surface area contributed by atoms with E-state index in [1.165, 1.54) is 6.07 Å². The lowest BCUT2D eigenvalue weighted by atomic mass is 10.0. The van der Waals surface area contributed by atoms with Crippen LogP contribution >= 0.6 is 15.9 Å². The maximum absolute atomic E-state index is 13.0. The SMILES string of the molecule is Cc1nc(NC(C)c2cc(N)cc(C(F)(F)F)c2)c2cc(Br)ccc2n1. The van der Waals surface area contributed by atoms with Gasteiger partial charge in [0.05, 0.1) is 17.1 Å². The van der Waals surface area contributed by atoms with Gasteiger partial charge in [-0.15, -0.1) is 0 Å². The number of hydrogen-bond donors (Lipinski definition) is 2. The summed E-state index contributed by atoms with van der Waals surface area (Å²) in [5, 5.41) is 3.96. The van der Waals surface area contributed by atoms with Crippen molar-refractivity contribution in [1.82, 2.24) is 9.97 Å². The van der Waals surface area contributed by atoms with Crippen LogP contribution in [0.3, 0.4) is 0 Å². The van der Waals surface area contributed by atoms with E-state index in [2.05, 4.69) is 31.2 Å². The molecule has 3 aromatic rings. The molecule has 8 heteroatoms. The van der Waals surface area contributed by atoms with Crippen LogP contribution < -0.4 is 11.1 Å². The first kappa shape index (κ1) is 18.4. The summed E-state index contributed by atoms with van der Waals surface area (Å²) < 4.78 is 40.0. The second kappa shape index (κ2) is 6.75. The van der Waals surface area contributed by atoms with Crippen molar-refractivity contribution in [3.63, 3.8) is 0 Å². The summed E-state index contributed by atoms with van der Waals surface area (Å²) in [5.74, 6) is 1.12. The zero-order valence-electron chi connectivity index (χ0n) is 14.0. The summed E-state index contributed by atoms with van der Waals surface area (Å²) in [5.41, 5.74) is 6.13. The van der Waals surface area contributed by atoms with E-state index < -0.39 is 17.8 Å². The van der Waals surface area contributed by atoms with E-state index in [0.29, 0.717) is 17.2 Å². The third-order valence-corrected chi connectivity index (χ3v) is 4.42. The molecule has 0 aliphatic heterocycles. The molecule has 0 fully saturated rings. The maximum atomic E-state index is 13.0. The molecule has 136 valence electrons. The minimum atomic E-state index is -4.45. The Morgan fingerprint density at radius 3 is 2.54 bits per heavy atom. The summed E-state index contributed by atoms with van der Waals surface area (Å²) in [4.78, 5) is 8.78. The van der Waals surface area contributed by atoms with Gasteiger partial charge in [-0.1, -0.05) is 15.9 Å². The summed E-state index contributed by atoms with van der Waals surface area (Å²) in [6, 6.07) is 8.71. The molecule has 26 heavy (non-hydrogen) atoms. The second-order valence-electron chi connectivity index (χ2n) is 6.03. The molecule has 1 atom stereocenters. The Morgan fingerprint density at radius 2 is 1.85 bits per heavy atom. The molecule has 1 unspecified atom stereocenters. The van der Waals surface area contributed by atoms with Gasteiger partial charge in [-0.2, -0.15) is 13.2 Å². The van der Waals surface area contributed by atoms with Crippen LogP contribution in [-0.4, -0.2) is 9.97 Å². The average Bonchev–Trinajstić information content (AvgIpc) is 2.54. The highest BCUT2D eigenvalue weighted by atomic mass is 79.9. The van der Waals surface area contributed by atoms with Crippen LogP contribution in [0.4, 0.5) is 24.7 Å². The summed E-state index contributed by atoms with van der Waals surface area (Å²) in [7, 11) is 0. The monoisotopic (exact) mass is 424 g/mol. The molecule has 0 aliphatic rings. The smallest absolute Gasteiger partial charge is 0.399 e. The summed E-state index contributed by atoms with van der Waals surface area (Å²) in [6.07, 6.45) is -4.45. The average molecular weight is 425 g/mol. The van der Waals surface area contributed by atoms with E-state index >= 15 is 0 Å². The zero-order chi connectivity index (χ0) is 19.1. The number of fused-ring (bicyclic) bond motifs is 1. The molecule has 3 N–H and O–H groups in total. The summed E-state index contributed by atoms with van der Waals surface area (Å²) >= 11 is 3.41. The maximum Gasteiger partial charge on any atom is 0.416 e. The van der Waals surface area contributed by atoms with Crippen LogP contribution in [0, 0.1) is 6.92 Å². The Hall–Kier alpha value is -2.35. The minimum absolute atomic E-state index is 0.0648. The molecule has 2 aromatic carbocycles. The lowest BCUT2D eigenvalue weighted by Gasteiger charge is -2.19. The topological polar surface area (TPSA) is 63.8 Å². The first-order chi connectivity index (χ1) is 12.1. The highest BCUT2D eigenvalue weighted by Gasteiger charge is 2.31. The molecule has 0 aliphatic carbocycles. The van der Waals surface area contributed by atoms with Crippen LogP contribution in [0.5, 0.6) is 0 Å². The first-order valence-corrected chi connectivity index (χ1v) is 8.61. The Labute approximate surface area is 156 Å². The Bertz CT molecular complexity index is 973. The molecule has 0 radical (unpaired) electrons. The lowest BCUT2D eigenvalue weighted by molar-refractivity contribution is -0.137. The molecule has 0 saturated carbocycles. The fourth-order valence-corrected chi connectivity index (χ4v) is 3.07. The van der Waals surface area contributed by atoms with Gasteiger partial charge in [0.25, 0.3) is 0 Å². The van der Waals surface area contributed by atoms with E-state index in [4.69, 9.17) is 5.73 Å². The Morgan fingerprint density at radius 1 is 1.12 bits per heavy atom. The van der Waals surface area contributed by atoms with Gasteiger partial charge in [0.2, 0.25) is 0 Å². The van der Waals surface area contributed by atoms with Gasteiger partial charge in [-0.3, -0.25) is 0 Å². The van der Waals surface area contributed by atoms with E-state index in [-0.39, 0.29) is 5.69 Å². The van der Waals surface area contributed by atoms with Gasteiger partial charge in [0, 0.05) is 15.5 Å². The minimum Gasteiger partial charge on any atom is -0.399 e. The Kier molecular flexibility index (Phi) is 4.79. The number of benzene rings is 2. The number of nitrogens with two attached hydrogens (primary N) is 1. The molecule has 0 spiro atoms. The van der Waals surface area contributed by atoms with Crippen molar-refractivity contribution in [2.75, 3.05) is 11.1 Å². The van der Waals surface area contributed by atoms with Crippen LogP contribution in [-0.2, 0) is 6.18 Å². The number of aryl methyl sites for hydroxylation is 1. The van der Waals surface area contributed by atoms with Crippen LogP contribution in [0.15, 0.2) is 40.9 Å². The Balaban J connectivity index is 2.01. The van der Waals surface area contributed by atoms with Gasteiger partial charge >= 0.3 is 6.18 Å². The third kappa shape index (κ3) is 3.90. The zero-order valence-corrected chi connectivity index (χ0v) is 15.6. The molecule has 1 aromatic heterocycles. The van der Waals surface area contributed by atoms with Gasteiger partial charge < -0.3 is 11.1 Å². The number of halogens is 4. The van der Waals surface area contributed by atoms with E-state index in [9.17, 15) is 13.2 Å². The third-order valence-electron chi connectivity index (χ3n) is 3.93. The largest absolute Gasteiger partial charge is 0.416 e. The lowest BCUT2D eigenvalue weighted by Crippen LogP contribution is -2.12. The first-order valence-electron chi connectivity index (χ1n) is 7.81. The molecule has 3 rings (SSSR count). The van der Waals surface area contributed by atoms with Crippen molar-refractivity contribution in [2.45, 2.75) is 26.1 Å². The van der Waals surface area contributed by atoms with Gasteiger partial charge in [-0.05, 0) is 55.8 Å². The van der Waals surface area contributed by atoms with E-state index in [1.807, 2.05) is 18.2 Å². The van der Waals surface area contributed by atoms with Crippen molar-refractivity contribution in [3.05, 3.63) is 57.8 Å². The molecule has 0 bridgehead atoms. The number of nitrogen functional groups attached to an aromatic ring is 1. The number of aromatic nitrogens is 2. The van der Waals surface area contributed by atoms with Crippen molar-refractivity contribution < 1.29 is 13.2 Å². The van der Waals surface area contributed by atoms with Gasteiger partial charge in [-0.25, -0.2) is 9.97 Å². The van der Waals surface area contributed by atoms with Gasteiger partial charge in [0.1, 0.15) is 11.6 Å². The van der Waals surface area contributed by atoms with Crippen molar-refractivity contribution in [2.24, 2.45) is 0 Å². The standard InChI is InChI=1S/C18H16BrF3N4/c1-9(11-5-12(18(20,21)22)7-14(23)6-11)24-17-15-8-13(19)3-4-16(15)25-10(2)26-17/h3-9H,23H2,1-2H3,(H,24,25,26). The van der Waals surface area contributed by atoms with Crippen LogP contribution in [0.1, 0.15) is 29.9 Å². The number of nitrogens with zero attached hydrogens (tertiary/aromatic N) is 2. The van der Waals surface area contributed by atoms with Crippen molar-refractivity contribution in [3.8, 4) is 0 Å². The van der Waals surface area contributed by atoms with E-state index in [1.54, 1.807) is 13.8 Å². The molecule has 0 amide bonds. The van der Waals surface area contributed by atoms with Gasteiger partial charge in [0.15, 0.2) is 0 Å². The quantitative estimate of drug-likeness (QED) is 0.546. The van der Waals surface area contributed by atoms with Crippen molar-refractivity contribution in [1.29, 1.82) is 0 Å². The van der Waals surface area contributed by atoms with Crippen LogP contribution in [0.25, 0.3) is 10.9 Å². The molecular weight excluding hydrogens is 409 g/mol. The molecule has 0 saturated heterocycles. The fraction of sp³-hybridized carbons (Fsp3) is 0.222. The molecule has 1 heterocycles. The molecule has 4 nitrogen and oxygen atoms in total.